The second-order valence-corrected chi connectivity index (χ2v) is 9.11. The van der Waals surface area contributed by atoms with Gasteiger partial charge in [-0.1, -0.05) is 18.2 Å². The standard InChI is InChI=1S/C22H15ClF2N6O2S/c1-2-18(32)30-7-10-9-33-20-13(22-29-28-17(8-30)31(10)22)4-15(25)12(19(20)23)3-11-14(6-26)21(27)34-16(11)5-24/h2-5,10H,1,7-9,27H2/b11-3+,16-5-. The van der Waals surface area contributed by atoms with Crippen molar-refractivity contribution < 1.29 is 18.3 Å². The molecule has 0 bridgehead atoms. The highest BCUT2D eigenvalue weighted by atomic mass is 35.5. The number of hydrogen-bond donors (Lipinski definition) is 1. The normalized spacial score (nSPS) is 17.5. The number of amides is 1. The van der Waals surface area contributed by atoms with Gasteiger partial charge in [-0.2, -0.15) is 5.26 Å². The molecule has 4 heterocycles. The minimum Gasteiger partial charge on any atom is -0.489 e. The van der Waals surface area contributed by atoms with E-state index in [1.54, 1.807) is 4.90 Å². The maximum Gasteiger partial charge on any atom is 0.246 e. The van der Waals surface area contributed by atoms with Gasteiger partial charge in [-0.15, -0.1) is 21.5 Å². The number of carbonyl (C=O) groups excluding carboxylic acids is 1. The summed E-state index contributed by atoms with van der Waals surface area (Å²) in [7, 11) is 0. The predicted molar refractivity (Wildman–Crippen MR) is 122 cm³/mol. The van der Waals surface area contributed by atoms with Gasteiger partial charge < -0.3 is 19.9 Å². The Morgan fingerprint density at radius 2 is 2.26 bits per heavy atom. The molecule has 2 aromatic heterocycles. The van der Waals surface area contributed by atoms with Crippen LogP contribution in [0.4, 0.5) is 13.8 Å². The molecular weight excluding hydrogens is 486 g/mol. The lowest BCUT2D eigenvalue weighted by Gasteiger charge is -2.32. The minimum absolute atomic E-state index is 0.0301. The number of halogens is 3. The second-order valence-electron chi connectivity index (χ2n) is 7.64. The number of anilines is 1. The Labute approximate surface area is 200 Å². The molecule has 1 atom stereocenters. The largest absolute Gasteiger partial charge is 0.489 e. The van der Waals surface area contributed by atoms with E-state index in [4.69, 9.17) is 22.1 Å². The molecule has 1 aromatic carbocycles. The Bertz CT molecular complexity index is 1540. The van der Waals surface area contributed by atoms with Gasteiger partial charge >= 0.3 is 0 Å². The number of hydrogen-bond acceptors (Lipinski definition) is 7. The Morgan fingerprint density at radius 1 is 1.47 bits per heavy atom. The average molecular weight is 501 g/mol. The van der Waals surface area contributed by atoms with Crippen molar-refractivity contribution in [2.24, 2.45) is 0 Å². The van der Waals surface area contributed by atoms with E-state index in [1.165, 1.54) is 18.2 Å². The monoisotopic (exact) mass is 500 g/mol. The van der Waals surface area contributed by atoms with Gasteiger partial charge in [0.25, 0.3) is 0 Å². The van der Waals surface area contributed by atoms with Gasteiger partial charge in [-0.25, -0.2) is 8.78 Å². The molecule has 0 aliphatic carbocycles. The van der Waals surface area contributed by atoms with Crippen LogP contribution in [0.15, 0.2) is 18.7 Å². The Kier molecular flexibility index (Phi) is 5.34. The molecule has 3 aromatic rings. The van der Waals surface area contributed by atoms with Crippen LogP contribution in [0.3, 0.4) is 0 Å². The average Bonchev–Trinajstić information content (AvgIpc) is 3.35. The number of nitrogens with two attached hydrogens (primary N) is 1. The molecule has 0 spiro atoms. The number of nitrogen functional groups attached to an aromatic ring is 1. The Hall–Kier alpha value is -3.75. The summed E-state index contributed by atoms with van der Waals surface area (Å²) in [5.74, 6) is 0.0950. The van der Waals surface area contributed by atoms with Crippen molar-refractivity contribution in [3.63, 3.8) is 0 Å². The molecule has 12 heteroatoms. The third kappa shape index (κ3) is 3.26. The lowest BCUT2D eigenvalue weighted by atomic mass is 10.1. The van der Waals surface area contributed by atoms with Crippen LogP contribution in [0.2, 0.25) is 5.02 Å². The van der Waals surface area contributed by atoms with Crippen LogP contribution in [0.5, 0.6) is 5.75 Å². The third-order valence-corrected chi connectivity index (χ3v) is 7.08. The lowest BCUT2D eigenvalue weighted by molar-refractivity contribution is -0.128. The van der Waals surface area contributed by atoms with E-state index in [-0.39, 0.29) is 61.8 Å². The number of rotatable bonds is 2. The smallest absolute Gasteiger partial charge is 0.246 e. The third-order valence-electron chi connectivity index (χ3n) is 5.75. The zero-order chi connectivity index (χ0) is 24.1. The fraction of sp³-hybridized carbons (Fsp3) is 0.182. The van der Waals surface area contributed by atoms with Crippen molar-refractivity contribution in [1.82, 2.24) is 19.7 Å². The van der Waals surface area contributed by atoms with Crippen molar-refractivity contribution in [2.75, 3.05) is 18.9 Å². The highest BCUT2D eigenvalue weighted by Gasteiger charge is 2.36. The zero-order valence-electron chi connectivity index (χ0n) is 17.4. The first-order valence-corrected chi connectivity index (χ1v) is 11.2. The number of fused-ring (bicyclic) bond motifs is 2. The van der Waals surface area contributed by atoms with Gasteiger partial charge in [0.1, 0.15) is 35.6 Å². The number of nitriles is 1. The number of carbonyl (C=O) groups is 1. The summed E-state index contributed by atoms with van der Waals surface area (Å²) in [6, 6.07) is 2.80. The number of thiophene rings is 1. The van der Waals surface area contributed by atoms with Crippen LogP contribution in [0.25, 0.3) is 23.8 Å². The summed E-state index contributed by atoms with van der Waals surface area (Å²) in [6.45, 7) is 4.20. The summed E-state index contributed by atoms with van der Waals surface area (Å²) >= 11 is 7.46. The topological polar surface area (TPSA) is 110 Å². The molecular formula is C22H15ClF2N6O2S. The second kappa shape index (κ2) is 8.23. The first-order valence-electron chi connectivity index (χ1n) is 9.98. The van der Waals surface area contributed by atoms with Crippen molar-refractivity contribution >= 4 is 46.3 Å². The molecule has 0 fully saturated rings. The van der Waals surface area contributed by atoms with Crippen LogP contribution in [-0.2, 0) is 11.3 Å². The first-order chi connectivity index (χ1) is 16.4. The Balaban J connectivity index is 1.68. The zero-order valence-corrected chi connectivity index (χ0v) is 19.0. The fourth-order valence-corrected chi connectivity index (χ4v) is 5.30. The van der Waals surface area contributed by atoms with Crippen LogP contribution in [-0.4, -0.2) is 38.7 Å². The summed E-state index contributed by atoms with van der Waals surface area (Å²) < 4.78 is 36.6. The van der Waals surface area contributed by atoms with E-state index in [9.17, 15) is 14.4 Å². The minimum atomic E-state index is -0.721. The lowest BCUT2D eigenvalue weighted by Crippen LogP contribution is -2.42. The highest BCUT2D eigenvalue weighted by molar-refractivity contribution is 7.14. The molecule has 1 amide bonds. The summed E-state index contributed by atoms with van der Waals surface area (Å²) in [6.07, 6.45) is 2.81. The van der Waals surface area contributed by atoms with Crippen molar-refractivity contribution in [1.29, 1.82) is 5.26 Å². The van der Waals surface area contributed by atoms with Gasteiger partial charge in [-0.05, 0) is 18.2 Å². The SMILES string of the molecule is C=CC(=O)N1Cc2nnc3n2C(COc2c-3cc(F)c(/C=c3\c(C#N)c(N)s\c3=C/F)c2Cl)C1. The van der Waals surface area contributed by atoms with Crippen molar-refractivity contribution in [3.8, 4) is 23.2 Å². The first kappa shape index (κ1) is 22.1. The van der Waals surface area contributed by atoms with Gasteiger partial charge in [0, 0.05) is 17.3 Å². The van der Waals surface area contributed by atoms with E-state index in [0.29, 0.717) is 30.1 Å². The predicted octanol–water partition coefficient (Wildman–Crippen LogP) is 2.25. The fourth-order valence-electron chi connectivity index (χ4n) is 4.19. The molecule has 0 saturated carbocycles. The van der Waals surface area contributed by atoms with Crippen LogP contribution < -0.4 is 20.2 Å². The molecule has 8 nitrogen and oxygen atoms in total. The summed E-state index contributed by atoms with van der Waals surface area (Å²) in [5, 5.41) is 18.0. The summed E-state index contributed by atoms with van der Waals surface area (Å²) in [4.78, 5) is 13.7. The summed E-state index contributed by atoms with van der Waals surface area (Å²) in [5.41, 5.74) is 6.06. The molecule has 0 saturated heterocycles. The molecule has 1 unspecified atom stereocenters. The van der Waals surface area contributed by atoms with Crippen molar-refractivity contribution in [3.05, 3.63) is 56.3 Å². The Morgan fingerprint density at radius 3 is 2.97 bits per heavy atom. The van der Waals surface area contributed by atoms with Gasteiger partial charge in [-0.3, -0.25) is 4.79 Å². The molecule has 5 rings (SSSR count). The molecule has 172 valence electrons. The number of benzene rings is 1. The molecule has 2 N–H and O–H groups in total. The van der Waals surface area contributed by atoms with E-state index in [2.05, 4.69) is 16.8 Å². The van der Waals surface area contributed by atoms with Crippen LogP contribution in [0, 0.1) is 17.1 Å². The van der Waals surface area contributed by atoms with Crippen molar-refractivity contribution in [2.45, 2.75) is 12.6 Å². The molecule has 2 aliphatic rings. The van der Waals surface area contributed by atoms with Gasteiger partial charge in [0.05, 0.1) is 33.3 Å². The number of ether oxygens (including phenoxy) is 1. The van der Waals surface area contributed by atoms with E-state index >= 15 is 4.39 Å². The maximum atomic E-state index is 15.3. The molecule has 34 heavy (non-hydrogen) atoms. The van der Waals surface area contributed by atoms with E-state index < -0.39 is 5.82 Å². The molecule has 0 radical (unpaired) electrons. The van der Waals surface area contributed by atoms with Gasteiger partial charge in [0.2, 0.25) is 5.91 Å². The van der Waals surface area contributed by atoms with E-state index in [1.807, 2.05) is 10.6 Å². The quantitative estimate of drug-likeness (QED) is 0.540. The molecule has 2 aliphatic heterocycles. The maximum absolute atomic E-state index is 15.3. The van der Waals surface area contributed by atoms with E-state index in [0.717, 1.165) is 11.3 Å². The van der Waals surface area contributed by atoms with Crippen LogP contribution in [0.1, 0.15) is 23.0 Å². The van der Waals surface area contributed by atoms with Gasteiger partial charge in [0.15, 0.2) is 11.6 Å². The van der Waals surface area contributed by atoms with Crippen LogP contribution >= 0.6 is 22.9 Å². The number of nitrogens with zero attached hydrogens (tertiary/aromatic N) is 5. The highest BCUT2D eigenvalue weighted by Crippen LogP contribution is 2.43. The number of aromatic nitrogens is 3.